The molecule has 0 aromatic heterocycles. The predicted octanol–water partition coefficient (Wildman–Crippen LogP) is 4.48. The number of hydrogen-bond acceptors (Lipinski definition) is 4. The van der Waals surface area contributed by atoms with E-state index in [1.54, 1.807) is 7.11 Å². The van der Waals surface area contributed by atoms with Crippen molar-refractivity contribution in [2.75, 3.05) is 38.7 Å². The first kappa shape index (κ1) is 21.7. The number of likely N-dealkylation sites (tertiary alicyclic amines) is 1. The van der Waals surface area contributed by atoms with Crippen molar-refractivity contribution < 1.29 is 14.3 Å². The van der Waals surface area contributed by atoms with Gasteiger partial charge in [0.1, 0.15) is 11.4 Å². The lowest BCUT2D eigenvalue weighted by atomic mass is 9.97. The van der Waals surface area contributed by atoms with Crippen molar-refractivity contribution in [3.8, 4) is 5.75 Å². The van der Waals surface area contributed by atoms with Gasteiger partial charge in [-0.25, -0.2) is 0 Å². The van der Waals surface area contributed by atoms with E-state index in [0.29, 0.717) is 0 Å². The second-order valence-electron chi connectivity index (χ2n) is 7.62. The summed E-state index contributed by atoms with van der Waals surface area (Å²) in [6.45, 7) is 8.31. The van der Waals surface area contributed by atoms with Gasteiger partial charge in [0.25, 0.3) is 5.91 Å². The van der Waals surface area contributed by atoms with Crippen LogP contribution in [-0.2, 0) is 9.53 Å². The highest BCUT2D eigenvalue weighted by Gasteiger charge is 2.32. The van der Waals surface area contributed by atoms with Gasteiger partial charge in [0.15, 0.2) is 0 Å². The molecule has 5 nitrogen and oxygen atoms in total. The van der Waals surface area contributed by atoms with Crippen molar-refractivity contribution in [2.45, 2.75) is 64.4 Å². The molecule has 27 heavy (non-hydrogen) atoms. The van der Waals surface area contributed by atoms with Crippen molar-refractivity contribution in [1.82, 2.24) is 4.90 Å². The van der Waals surface area contributed by atoms with Crippen LogP contribution in [0.3, 0.4) is 0 Å². The molecular weight excluding hydrogens is 340 g/mol. The van der Waals surface area contributed by atoms with Gasteiger partial charge in [-0.1, -0.05) is 26.2 Å². The van der Waals surface area contributed by atoms with Gasteiger partial charge in [-0.2, -0.15) is 0 Å². The van der Waals surface area contributed by atoms with Gasteiger partial charge in [0, 0.05) is 19.3 Å². The van der Waals surface area contributed by atoms with Crippen LogP contribution in [0.2, 0.25) is 0 Å². The Bertz CT molecular complexity index is 555. The number of nitrogens with one attached hydrogen (secondary N) is 1. The summed E-state index contributed by atoms with van der Waals surface area (Å²) in [6.07, 6.45) is 7.64. The fraction of sp³-hybridized carbons (Fsp3) is 0.682. The molecule has 0 unspecified atom stereocenters. The molecule has 1 aromatic carbocycles. The Morgan fingerprint density at radius 2 is 1.85 bits per heavy atom. The first-order valence-corrected chi connectivity index (χ1v) is 10.4. The molecule has 0 aliphatic carbocycles. The summed E-state index contributed by atoms with van der Waals surface area (Å²) in [5.41, 5.74) is -0.0249. The number of carbonyl (C=O) groups is 1. The highest BCUT2D eigenvalue weighted by Crippen LogP contribution is 2.22. The van der Waals surface area contributed by atoms with Crippen molar-refractivity contribution in [3.05, 3.63) is 24.3 Å². The highest BCUT2D eigenvalue weighted by atomic mass is 16.5. The van der Waals surface area contributed by atoms with Gasteiger partial charge in [-0.05, 0) is 70.0 Å². The molecule has 5 heteroatoms. The van der Waals surface area contributed by atoms with Gasteiger partial charge in [0.2, 0.25) is 0 Å². The van der Waals surface area contributed by atoms with Crippen LogP contribution in [0.1, 0.15) is 58.8 Å². The number of nitrogens with zero attached hydrogens (tertiary/aromatic N) is 1. The van der Waals surface area contributed by atoms with Crippen molar-refractivity contribution >= 4 is 11.6 Å². The lowest BCUT2D eigenvalue weighted by Gasteiger charge is -2.27. The molecule has 1 saturated heterocycles. The minimum Gasteiger partial charge on any atom is -0.494 e. The summed E-state index contributed by atoms with van der Waals surface area (Å²) in [5, 5.41) is 2.97. The number of methoxy groups -OCH3 is 1. The van der Waals surface area contributed by atoms with Gasteiger partial charge >= 0.3 is 0 Å². The number of benzene rings is 1. The maximum absolute atomic E-state index is 12.6. The zero-order chi connectivity index (χ0) is 19.5. The zero-order valence-corrected chi connectivity index (χ0v) is 17.3. The van der Waals surface area contributed by atoms with Crippen molar-refractivity contribution in [3.63, 3.8) is 0 Å². The van der Waals surface area contributed by atoms with E-state index in [9.17, 15) is 4.79 Å². The van der Waals surface area contributed by atoms with E-state index in [2.05, 4.69) is 17.1 Å². The molecule has 1 heterocycles. The Balaban J connectivity index is 1.75. The Morgan fingerprint density at radius 1 is 1.15 bits per heavy atom. The average Bonchev–Trinajstić information content (AvgIpc) is 3.20. The molecule has 1 aliphatic rings. The summed E-state index contributed by atoms with van der Waals surface area (Å²) in [5.74, 6) is 0.743. The van der Waals surface area contributed by atoms with E-state index in [1.807, 2.05) is 31.2 Å². The summed E-state index contributed by atoms with van der Waals surface area (Å²) in [6, 6.07) is 7.59. The van der Waals surface area contributed by atoms with Gasteiger partial charge in [-0.15, -0.1) is 0 Å². The number of carbonyl (C=O) groups excluding carboxylic acids is 1. The van der Waals surface area contributed by atoms with Crippen LogP contribution in [0.4, 0.5) is 5.69 Å². The zero-order valence-electron chi connectivity index (χ0n) is 17.3. The maximum Gasteiger partial charge on any atom is 0.256 e. The summed E-state index contributed by atoms with van der Waals surface area (Å²) in [4.78, 5) is 15.1. The molecule has 0 saturated carbocycles. The summed E-state index contributed by atoms with van der Waals surface area (Å²) >= 11 is 0. The fourth-order valence-electron chi connectivity index (χ4n) is 3.40. The minimum atomic E-state index is -0.792. The highest BCUT2D eigenvalue weighted by molar-refractivity contribution is 5.97. The largest absolute Gasteiger partial charge is 0.494 e. The van der Waals surface area contributed by atoms with Gasteiger partial charge < -0.3 is 19.7 Å². The number of hydrogen-bond donors (Lipinski definition) is 1. The lowest BCUT2D eigenvalue weighted by Crippen LogP contribution is -2.41. The molecule has 1 aromatic rings. The fourth-order valence-corrected chi connectivity index (χ4v) is 3.40. The van der Waals surface area contributed by atoms with Gasteiger partial charge in [0.05, 0.1) is 6.61 Å². The van der Waals surface area contributed by atoms with E-state index in [0.717, 1.165) is 56.7 Å². The Labute approximate surface area is 164 Å². The van der Waals surface area contributed by atoms with Crippen LogP contribution < -0.4 is 10.1 Å². The molecule has 1 amide bonds. The van der Waals surface area contributed by atoms with Crippen molar-refractivity contribution in [2.24, 2.45) is 0 Å². The molecular formula is C22H36N2O3. The van der Waals surface area contributed by atoms with E-state index in [-0.39, 0.29) is 5.91 Å². The van der Waals surface area contributed by atoms with Gasteiger partial charge in [-0.3, -0.25) is 4.79 Å². The quantitative estimate of drug-likeness (QED) is 0.547. The summed E-state index contributed by atoms with van der Waals surface area (Å²) in [7, 11) is 1.60. The van der Waals surface area contributed by atoms with Crippen LogP contribution in [0.25, 0.3) is 0 Å². The number of anilines is 1. The third-order valence-corrected chi connectivity index (χ3v) is 5.39. The lowest BCUT2D eigenvalue weighted by molar-refractivity contribution is -0.136. The number of unbranched alkanes of at least 4 members (excludes halogenated alkanes) is 2. The number of amides is 1. The van der Waals surface area contributed by atoms with Crippen LogP contribution >= 0.6 is 0 Å². The van der Waals surface area contributed by atoms with Crippen LogP contribution in [0, 0.1) is 0 Å². The normalized spacial score (nSPS) is 16.9. The first-order chi connectivity index (χ1) is 13.1. The van der Waals surface area contributed by atoms with E-state index >= 15 is 0 Å². The molecule has 0 bridgehead atoms. The molecule has 1 fully saturated rings. The first-order valence-electron chi connectivity index (χ1n) is 10.4. The standard InChI is InChI=1S/C22H36N2O3/c1-4-5-6-14-22(2,26-3)21(25)23-19-10-12-20(13-11-19)27-18-9-17-24-15-7-8-16-24/h10-13H,4-9,14-18H2,1-3H3,(H,23,25)/t22-/m1/s1. The Kier molecular flexibility index (Phi) is 9.08. The third-order valence-electron chi connectivity index (χ3n) is 5.39. The topological polar surface area (TPSA) is 50.8 Å². The van der Waals surface area contributed by atoms with Crippen molar-refractivity contribution in [1.29, 1.82) is 0 Å². The second-order valence-corrected chi connectivity index (χ2v) is 7.62. The SMILES string of the molecule is CCCCC[C@@](C)(OC)C(=O)Nc1ccc(OCCCN2CCCC2)cc1. The van der Waals surface area contributed by atoms with E-state index < -0.39 is 5.60 Å². The molecule has 0 spiro atoms. The molecule has 1 atom stereocenters. The molecule has 1 N–H and O–H groups in total. The van der Waals surface area contributed by atoms with E-state index in [4.69, 9.17) is 9.47 Å². The summed E-state index contributed by atoms with van der Waals surface area (Å²) < 4.78 is 11.3. The Hall–Kier alpha value is -1.59. The molecule has 1 aliphatic heterocycles. The van der Waals surface area contributed by atoms with Crippen LogP contribution in [0.15, 0.2) is 24.3 Å². The number of rotatable bonds is 12. The smallest absolute Gasteiger partial charge is 0.256 e. The van der Waals surface area contributed by atoms with E-state index in [1.165, 1.54) is 25.9 Å². The van der Waals surface area contributed by atoms with Crippen LogP contribution in [-0.4, -0.2) is 49.8 Å². The third kappa shape index (κ3) is 7.15. The maximum atomic E-state index is 12.6. The minimum absolute atomic E-state index is 0.0969. The molecule has 0 radical (unpaired) electrons. The predicted molar refractivity (Wildman–Crippen MR) is 110 cm³/mol. The second kappa shape index (κ2) is 11.3. The number of ether oxygens (including phenoxy) is 2. The molecule has 152 valence electrons. The van der Waals surface area contributed by atoms with Crippen LogP contribution in [0.5, 0.6) is 5.75 Å². The average molecular weight is 377 g/mol. The molecule has 2 rings (SSSR count). The monoisotopic (exact) mass is 376 g/mol. The Morgan fingerprint density at radius 3 is 2.48 bits per heavy atom.